The molecule has 0 aliphatic heterocycles. The summed E-state index contributed by atoms with van der Waals surface area (Å²) in [5.41, 5.74) is 1.74. The smallest absolute Gasteiger partial charge is 0.229 e. The van der Waals surface area contributed by atoms with Crippen molar-refractivity contribution in [2.45, 2.75) is 73.1 Å². The molecule has 0 radical (unpaired) electrons. The van der Waals surface area contributed by atoms with Crippen LogP contribution in [0, 0.1) is 23.2 Å². The minimum atomic E-state index is -0.371. The van der Waals surface area contributed by atoms with E-state index in [1.807, 2.05) is 33.8 Å². The first kappa shape index (κ1) is 19.8. The van der Waals surface area contributed by atoms with Gasteiger partial charge in [0.2, 0.25) is 11.6 Å². The lowest BCUT2D eigenvalue weighted by Crippen LogP contribution is -2.44. The molecular weight excluding hydrogens is 312 g/mol. The highest BCUT2D eigenvalue weighted by Crippen LogP contribution is 2.59. The Morgan fingerprint density at radius 1 is 0.920 bits per heavy atom. The molecule has 3 heteroatoms. The molecule has 4 atom stereocenters. The lowest BCUT2D eigenvalue weighted by Gasteiger charge is -2.48. The molecule has 0 aromatic heterocycles. The molecule has 0 N–H and O–H groups in total. The van der Waals surface area contributed by atoms with Crippen LogP contribution in [0.15, 0.2) is 23.3 Å². The van der Waals surface area contributed by atoms with Crippen LogP contribution in [-0.4, -0.2) is 17.3 Å². The Balaban J connectivity index is 0.000000528. The predicted octanol–water partition coefficient (Wildman–Crippen LogP) is 4.85. The number of hydrogen-bond acceptors (Lipinski definition) is 3. The van der Waals surface area contributed by atoms with Crippen LogP contribution in [0.2, 0.25) is 0 Å². The zero-order chi connectivity index (χ0) is 18.8. The summed E-state index contributed by atoms with van der Waals surface area (Å²) in [7, 11) is 0. The third kappa shape index (κ3) is 3.07. The van der Waals surface area contributed by atoms with E-state index < -0.39 is 0 Å². The number of Topliss-reactive ketones (excluding diaryl/α,β-unsaturated/α-hetero) is 2. The highest BCUT2D eigenvalue weighted by Gasteiger charge is 2.55. The first-order valence-corrected chi connectivity index (χ1v) is 10.1. The molecular formula is C22H32O3. The summed E-state index contributed by atoms with van der Waals surface area (Å²) in [6.45, 7) is 10.2. The van der Waals surface area contributed by atoms with Crippen molar-refractivity contribution in [3.8, 4) is 0 Å². The van der Waals surface area contributed by atoms with Crippen LogP contribution in [0.4, 0.5) is 0 Å². The average molecular weight is 344 g/mol. The molecule has 0 saturated heterocycles. The molecule has 2 saturated carbocycles. The SMILES string of the molecule is CC.CC.CC12CCC3C4=C(CCC3C1CCC2=O)C(=O)C(=O)C=C4. The van der Waals surface area contributed by atoms with E-state index in [4.69, 9.17) is 0 Å². The van der Waals surface area contributed by atoms with E-state index >= 15 is 0 Å². The van der Waals surface area contributed by atoms with Gasteiger partial charge in [-0.05, 0) is 61.5 Å². The number of hydrogen-bond donors (Lipinski definition) is 0. The molecule has 0 aromatic rings. The van der Waals surface area contributed by atoms with Crippen LogP contribution in [-0.2, 0) is 14.4 Å². The van der Waals surface area contributed by atoms with Crippen molar-refractivity contribution >= 4 is 17.3 Å². The van der Waals surface area contributed by atoms with Gasteiger partial charge in [0, 0.05) is 17.4 Å². The van der Waals surface area contributed by atoms with E-state index in [1.54, 1.807) is 0 Å². The molecule has 4 aliphatic rings. The second-order valence-corrected chi connectivity index (χ2v) is 7.29. The Morgan fingerprint density at radius 3 is 2.28 bits per heavy atom. The van der Waals surface area contributed by atoms with Gasteiger partial charge >= 0.3 is 0 Å². The topological polar surface area (TPSA) is 51.2 Å². The lowest BCUT2D eigenvalue weighted by molar-refractivity contribution is -0.132. The molecule has 25 heavy (non-hydrogen) atoms. The van der Waals surface area contributed by atoms with E-state index in [0.717, 1.165) is 43.3 Å². The van der Waals surface area contributed by atoms with Crippen molar-refractivity contribution in [3.05, 3.63) is 23.3 Å². The van der Waals surface area contributed by atoms with Crippen LogP contribution >= 0.6 is 0 Å². The molecule has 0 bridgehead atoms. The molecule has 138 valence electrons. The molecule has 4 unspecified atom stereocenters. The highest BCUT2D eigenvalue weighted by molar-refractivity contribution is 6.48. The number of carbonyl (C=O) groups excluding carboxylic acids is 3. The van der Waals surface area contributed by atoms with Gasteiger partial charge in [-0.3, -0.25) is 14.4 Å². The van der Waals surface area contributed by atoms with E-state index in [-0.39, 0.29) is 17.0 Å². The van der Waals surface area contributed by atoms with Gasteiger partial charge in [-0.25, -0.2) is 0 Å². The Kier molecular flexibility index (Phi) is 6.18. The maximum atomic E-state index is 12.3. The molecule has 4 rings (SSSR count). The molecule has 0 spiro atoms. The second-order valence-electron chi connectivity index (χ2n) is 7.29. The van der Waals surface area contributed by atoms with Gasteiger partial charge in [0.15, 0.2) is 0 Å². The van der Waals surface area contributed by atoms with Gasteiger partial charge in [-0.2, -0.15) is 0 Å². The average Bonchev–Trinajstić information content (AvgIpc) is 2.96. The van der Waals surface area contributed by atoms with Crippen molar-refractivity contribution in [1.82, 2.24) is 0 Å². The summed E-state index contributed by atoms with van der Waals surface area (Å²) in [5.74, 6) is 1.14. The number of carbonyl (C=O) groups is 3. The maximum absolute atomic E-state index is 12.3. The largest absolute Gasteiger partial charge is 0.299 e. The first-order chi connectivity index (χ1) is 12.0. The van der Waals surface area contributed by atoms with Crippen LogP contribution in [0.3, 0.4) is 0 Å². The monoisotopic (exact) mass is 344 g/mol. The summed E-state index contributed by atoms with van der Waals surface area (Å²) in [6, 6.07) is 0. The van der Waals surface area contributed by atoms with Gasteiger partial charge < -0.3 is 0 Å². The standard InChI is InChI=1S/C18H20O3.2C2H6/c1-18-9-8-11-10-4-6-15(19)17(21)13(10)3-2-12(11)14(18)5-7-16(18)20;2*1-2/h4,6,11-12,14H,2-3,5,7-9H2,1H3;2*1-2H3. The second kappa shape index (κ2) is 7.80. The fourth-order valence-corrected chi connectivity index (χ4v) is 5.39. The number of rotatable bonds is 0. The van der Waals surface area contributed by atoms with E-state index in [2.05, 4.69) is 6.92 Å². The van der Waals surface area contributed by atoms with Crippen molar-refractivity contribution < 1.29 is 14.4 Å². The van der Waals surface area contributed by atoms with Crippen molar-refractivity contribution in [3.63, 3.8) is 0 Å². The normalized spacial score (nSPS) is 35.7. The quantitative estimate of drug-likeness (QED) is 0.466. The summed E-state index contributed by atoms with van der Waals surface area (Å²) in [6.07, 6.45) is 8.65. The zero-order valence-electron chi connectivity index (χ0n) is 16.4. The van der Waals surface area contributed by atoms with Crippen molar-refractivity contribution in [2.24, 2.45) is 23.2 Å². The number of ketones is 3. The molecule has 0 heterocycles. The third-order valence-electron chi connectivity index (χ3n) is 6.53. The fraction of sp³-hybridized carbons (Fsp3) is 0.682. The Labute approximate surface area is 151 Å². The number of fused-ring (bicyclic) bond motifs is 4. The van der Waals surface area contributed by atoms with Gasteiger partial charge in [0.1, 0.15) is 5.78 Å². The van der Waals surface area contributed by atoms with Crippen LogP contribution < -0.4 is 0 Å². The predicted molar refractivity (Wildman–Crippen MR) is 100 cm³/mol. The van der Waals surface area contributed by atoms with E-state index in [9.17, 15) is 14.4 Å². The summed E-state index contributed by atoms with van der Waals surface area (Å²) >= 11 is 0. The van der Waals surface area contributed by atoms with Gasteiger partial charge in [-0.15, -0.1) is 0 Å². The van der Waals surface area contributed by atoms with E-state index in [0.29, 0.717) is 30.0 Å². The number of allylic oxidation sites excluding steroid dienone is 4. The van der Waals surface area contributed by atoms with Crippen LogP contribution in [0.5, 0.6) is 0 Å². The van der Waals surface area contributed by atoms with Crippen molar-refractivity contribution in [1.29, 1.82) is 0 Å². The zero-order valence-corrected chi connectivity index (χ0v) is 16.4. The van der Waals surface area contributed by atoms with E-state index in [1.165, 1.54) is 6.08 Å². The van der Waals surface area contributed by atoms with Crippen LogP contribution in [0.25, 0.3) is 0 Å². The van der Waals surface area contributed by atoms with Gasteiger partial charge in [0.05, 0.1) is 0 Å². The van der Waals surface area contributed by atoms with Gasteiger partial charge in [0.25, 0.3) is 0 Å². The molecule has 0 aromatic carbocycles. The van der Waals surface area contributed by atoms with Crippen molar-refractivity contribution in [2.75, 3.05) is 0 Å². The minimum Gasteiger partial charge on any atom is -0.299 e. The van der Waals surface area contributed by atoms with Crippen LogP contribution in [0.1, 0.15) is 73.1 Å². The molecule has 3 nitrogen and oxygen atoms in total. The minimum absolute atomic E-state index is 0.128. The summed E-state index contributed by atoms with van der Waals surface area (Å²) < 4.78 is 0. The summed E-state index contributed by atoms with van der Waals surface area (Å²) in [5, 5.41) is 0. The molecule has 2 fully saturated rings. The summed E-state index contributed by atoms with van der Waals surface area (Å²) in [4.78, 5) is 35.9. The van der Waals surface area contributed by atoms with Gasteiger partial charge in [-0.1, -0.05) is 40.7 Å². The molecule has 0 amide bonds. The fourth-order valence-electron chi connectivity index (χ4n) is 5.39. The Morgan fingerprint density at radius 2 is 1.60 bits per heavy atom. The molecule has 4 aliphatic carbocycles. The Bertz CT molecular complexity index is 625. The Hall–Kier alpha value is -1.51. The highest BCUT2D eigenvalue weighted by atomic mass is 16.2. The lowest BCUT2D eigenvalue weighted by atomic mass is 9.55. The first-order valence-electron chi connectivity index (χ1n) is 10.1. The third-order valence-corrected chi connectivity index (χ3v) is 6.53. The maximum Gasteiger partial charge on any atom is 0.229 e.